The number of nitrogens with one attached hydrogen (secondary N) is 1. The third-order valence-electron chi connectivity index (χ3n) is 5.49. The van der Waals surface area contributed by atoms with E-state index in [1.54, 1.807) is 7.11 Å². The highest BCUT2D eigenvalue weighted by Crippen LogP contribution is 2.28. The lowest BCUT2D eigenvalue weighted by Crippen LogP contribution is -2.36. The molecule has 0 aliphatic carbocycles. The first kappa shape index (κ1) is 23.4. The first-order valence-corrected chi connectivity index (χ1v) is 11.7. The van der Waals surface area contributed by atoms with Gasteiger partial charge in [-0.2, -0.15) is 0 Å². The molecule has 1 aliphatic rings. The van der Waals surface area contributed by atoms with Gasteiger partial charge in [0.05, 0.1) is 13.2 Å². The van der Waals surface area contributed by atoms with Crippen LogP contribution in [-0.4, -0.2) is 50.0 Å². The van der Waals surface area contributed by atoms with Gasteiger partial charge in [0.2, 0.25) is 0 Å². The third kappa shape index (κ3) is 6.58. The van der Waals surface area contributed by atoms with Crippen LogP contribution in [0.15, 0.2) is 42.5 Å². The zero-order chi connectivity index (χ0) is 22.1. The van der Waals surface area contributed by atoms with Gasteiger partial charge in [-0.15, -0.1) is 0 Å². The molecule has 168 valence electrons. The summed E-state index contributed by atoms with van der Waals surface area (Å²) in [7, 11) is 1.72. The Bertz CT molecular complexity index is 841. The molecule has 2 aromatic carbocycles. The summed E-state index contributed by atoms with van der Waals surface area (Å²) < 4.78 is 10.9. The number of rotatable bonds is 10. The molecule has 0 amide bonds. The van der Waals surface area contributed by atoms with E-state index < -0.39 is 0 Å². The van der Waals surface area contributed by atoms with Crippen molar-refractivity contribution in [3.63, 3.8) is 0 Å². The molecule has 0 bridgehead atoms. The summed E-state index contributed by atoms with van der Waals surface area (Å²) in [5, 5.41) is 4.07. The Morgan fingerprint density at radius 3 is 2.68 bits per heavy atom. The van der Waals surface area contributed by atoms with Gasteiger partial charge in [0.25, 0.3) is 0 Å². The van der Waals surface area contributed by atoms with Crippen LogP contribution in [0, 0.1) is 0 Å². The summed E-state index contributed by atoms with van der Waals surface area (Å²) in [4.78, 5) is 4.69. The van der Waals surface area contributed by atoms with E-state index in [-0.39, 0.29) is 0 Å². The maximum atomic E-state index is 5.75. The summed E-state index contributed by atoms with van der Waals surface area (Å²) in [5.74, 6) is 0.862. The van der Waals surface area contributed by atoms with Gasteiger partial charge in [0, 0.05) is 44.7 Å². The van der Waals surface area contributed by atoms with Crippen molar-refractivity contribution in [2.75, 3.05) is 50.2 Å². The zero-order valence-corrected chi connectivity index (χ0v) is 19.8. The zero-order valence-electron chi connectivity index (χ0n) is 19.0. The number of methoxy groups -OCH3 is 1. The highest BCUT2D eigenvalue weighted by atomic mass is 32.1. The molecule has 2 aromatic rings. The Morgan fingerprint density at radius 2 is 1.97 bits per heavy atom. The van der Waals surface area contributed by atoms with E-state index in [0.29, 0.717) is 18.3 Å². The standard InChI is InChI=1S/C25H35N3O2S/c1-4-14-27-15-6-7-21-18-20(8-13-24(21)27)19-28(16-17-29-3)25(31)26-22-9-11-23(12-10-22)30-5-2/h8-13,18H,4-7,14-17,19H2,1-3H3,(H,26,31). The van der Waals surface area contributed by atoms with E-state index in [2.05, 4.69) is 40.2 Å². The van der Waals surface area contributed by atoms with Crippen LogP contribution >= 0.6 is 12.2 Å². The second-order valence-corrected chi connectivity index (χ2v) is 8.24. The summed E-state index contributed by atoms with van der Waals surface area (Å²) in [6.07, 6.45) is 3.55. The third-order valence-corrected chi connectivity index (χ3v) is 5.86. The molecule has 1 N–H and O–H groups in total. The van der Waals surface area contributed by atoms with Crippen LogP contribution in [0.1, 0.15) is 37.8 Å². The Morgan fingerprint density at radius 1 is 1.16 bits per heavy atom. The van der Waals surface area contributed by atoms with Crippen LogP contribution in [0.3, 0.4) is 0 Å². The van der Waals surface area contributed by atoms with Crippen molar-refractivity contribution in [1.82, 2.24) is 4.90 Å². The van der Waals surface area contributed by atoms with E-state index in [1.807, 2.05) is 31.2 Å². The van der Waals surface area contributed by atoms with Gasteiger partial charge in [0.15, 0.2) is 5.11 Å². The molecular weight excluding hydrogens is 406 g/mol. The molecule has 31 heavy (non-hydrogen) atoms. The normalized spacial score (nSPS) is 12.9. The van der Waals surface area contributed by atoms with Crippen LogP contribution in [0.25, 0.3) is 0 Å². The van der Waals surface area contributed by atoms with Crippen molar-refractivity contribution in [2.24, 2.45) is 0 Å². The minimum Gasteiger partial charge on any atom is -0.494 e. The molecular formula is C25H35N3O2S. The van der Waals surface area contributed by atoms with Crippen LogP contribution in [-0.2, 0) is 17.7 Å². The van der Waals surface area contributed by atoms with Crippen molar-refractivity contribution in [3.8, 4) is 5.75 Å². The Hall–Kier alpha value is -2.31. The Labute approximate surface area is 192 Å². The topological polar surface area (TPSA) is 37.0 Å². The first-order chi connectivity index (χ1) is 15.1. The maximum absolute atomic E-state index is 5.75. The lowest BCUT2D eigenvalue weighted by Gasteiger charge is -2.32. The van der Waals surface area contributed by atoms with Crippen molar-refractivity contribution < 1.29 is 9.47 Å². The van der Waals surface area contributed by atoms with E-state index in [0.717, 1.165) is 44.0 Å². The predicted molar refractivity (Wildman–Crippen MR) is 133 cm³/mol. The van der Waals surface area contributed by atoms with Crippen LogP contribution in [0.4, 0.5) is 11.4 Å². The fourth-order valence-electron chi connectivity index (χ4n) is 4.01. The second kappa shape index (κ2) is 11.9. The lowest BCUT2D eigenvalue weighted by atomic mass is 9.99. The minimum atomic E-state index is 0.625. The molecule has 0 fully saturated rings. The molecule has 6 heteroatoms. The molecule has 1 heterocycles. The maximum Gasteiger partial charge on any atom is 0.173 e. The van der Waals surface area contributed by atoms with Crippen LogP contribution < -0.4 is 15.0 Å². The van der Waals surface area contributed by atoms with Gasteiger partial charge in [0.1, 0.15) is 5.75 Å². The smallest absolute Gasteiger partial charge is 0.173 e. The van der Waals surface area contributed by atoms with Crippen LogP contribution in [0.2, 0.25) is 0 Å². The number of hydrogen-bond acceptors (Lipinski definition) is 4. The molecule has 0 atom stereocenters. The van der Waals surface area contributed by atoms with Crippen molar-refractivity contribution >= 4 is 28.7 Å². The van der Waals surface area contributed by atoms with Crippen molar-refractivity contribution in [3.05, 3.63) is 53.6 Å². The fourth-order valence-corrected chi connectivity index (χ4v) is 4.28. The highest BCUT2D eigenvalue weighted by Gasteiger charge is 2.18. The van der Waals surface area contributed by atoms with Gasteiger partial charge in [-0.3, -0.25) is 0 Å². The van der Waals surface area contributed by atoms with E-state index >= 15 is 0 Å². The number of anilines is 2. The number of ether oxygens (including phenoxy) is 2. The summed E-state index contributed by atoms with van der Waals surface area (Å²) >= 11 is 5.75. The molecule has 0 saturated carbocycles. The second-order valence-electron chi connectivity index (χ2n) is 7.86. The number of nitrogens with zero attached hydrogens (tertiary/aromatic N) is 2. The average molecular weight is 442 g/mol. The number of thiocarbonyl (C=S) groups is 1. The summed E-state index contributed by atoms with van der Waals surface area (Å²) in [5.41, 5.74) is 5.09. The van der Waals surface area contributed by atoms with Crippen molar-refractivity contribution in [1.29, 1.82) is 0 Å². The fraction of sp³-hybridized carbons (Fsp3) is 0.480. The van der Waals surface area contributed by atoms with E-state index in [1.165, 1.54) is 29.7 Å². The Kier molecular flexibility index (Phi) is 8.98. The highest BCUT2D eigenvalue weighted by molar-refractivity contribution is 7.80. The van der Waals surface area contributed by atoms with Gasteiger partial charge < -0.3 is 24.6 Å². The molecule has 1 aliphatic heterocycles. The number of benzene rings is 2. The number of hydrogen-bond donors (Lipinski definition) is 1. The minimum absolute atomic E-state index is 0.625. The SMILES string of the molecule is CCCN1CCCc2cc(CN(CCOC)C(=S)Nc3ccc(OCC)cc3)ccc21. The molecule has 5 nitrogen and oxygen atoms in total. The molecule has 0 aromatic heterocycles. The Balaban J connectivity index is 1.69. The largest absolute Gasteiger partial charge is 0.494 e. The monoisotopic (exact) mass is 441 g/mol. The quantitative estimate of drug-likeness (QED) is 0.518. The molecule has 0 saturated heterocycles. The van der Waals surface area contributed by atoms with Gasteiger partial charge >= 0.3 is 0 Å². The van der Waals surface area contributed by atoms with E-state index in [4.69, 9.17) is 21.7 Å². The van der Waals surface area contributed by atoms with Gasteiger partial charge in [-0.25, -0.2) is 0 Å². The molecule has 0 unspecified atom stereocenters. The van der Waals surface area contributed by atoms with Gasteiger partial charge in [-0.1, -0.05) is 19.1 Å². The lowest BCUT2D eigenvalue weighted by molar-refractivity contribution is 0.175. The molecule has 0 spiro atoms. The van der Waals surface area contributed by atoms with Crippen LogP contribution in [0.5, 0.6) is 5.75 Å². The van der Waals surface area contributed by atoms with E-state index in [9.17, 15) is 0 Å². The van der Waals surface area contributed by atoms with Crippen molar-refractivity contribution in [2.45, 2.75) is 39.7 Å². The first-order valence-electron chi connectivity index (χ1n) is 11.3. The van der Waals surface area contributed by atoms with Gasteiger partial charge in [-0.05, 0) is 79.9 Å². The average Bonchev–Trinajstić information content (AvgIpc) is 2.78. The predicted octanol–water partition coefficient (Wildman–Crippen LogP) is 5.09. The number of fused-ring (bicyclic) bond motifs is 1. The summed E-state index contributed by atoms with van der Waals surface area (Å²) in [6, 6.07) is 14.8. The number of aryl methyl sites for hydroxylation is 1. The molecule has 0 radical (unpaired) electrons. The molecule has 3 rings (SSSR count). The summed E-state index contributed by atoms with van der Waals surface area (Å²) in [6.45, 7) is 9.29.